The molecule has 9 heteroatoms. The molecular formula is C34H41N3O5S. The van der Waals surface area contributed by atoms with Crippen LogP contribution in [0.1, 0.15) is 61.1 Å². The van der Waals surface area contributed by atoms with Crippen LogP contribution in [0.5, 0.6) is 11.5 Å². The zero-order valence-electron chi connectivity index (χ0n) is 25.5. The van der Waals surface area contributed by atoms with Crippen LogP contribution in [-0.4, -0.2) is 80.1 Å². The first kappa shape index (κ1) is 29.7. The van der Waals surface area contributed by atoms with E-state index in [2.05, 4.69) is 30.6 Å². The molecule has 0 aliphatic carbocycles. The second kappa shape index (κ2) is 11.6. The molecule has 0 saturated carbocycles. The van der Waals surface area contributed by atoms with Gasteiger partial charge in [-0.1, -0.05) is 30.3 Å². The van der Waals surface area contributed by atoms with Crippen LogP contribution in [0.15, 0.2) is 76.5 Å². The summed E-state index contributed by atoms with van der Waals surface area (Å²) >= 11 is 0. The molecule has 2 saturated heterocycles. The van der Waals surface area contributed by atoms with Crippen molar-refractivity contribution in [1.82, 2.24) is 14.7 Å². The Balaban J connectivity index is 1.07. The van der Waals surface area contributed by atoms with Gasteiger partial charge in [-0.25, -0.2) is 8.42 Å². The highest BCUT2D eigenvalue weighted by atomic mass is 32.2. The number of aryl methyl sites for hydroxylation is 1. The van der Waals surface area contributed by atoms with Crippen LogP contribution in [0.4, 0.5) is 0 Å². The van der Waals surface area contributed by atoms with Crippen molar-refractivity contribution in [3.8, 4) is 11.5 Å². The Hall–Kier alpha value is -3.40. The maximum Gasteiger partial charge on any atom is 0.254 e. The number of benzene rings is 3. The molecule has 0 spiro atoms. The summed E-state index contributed by atoms with van der Waals surface area (Å²) in [5.74, 6) is 1.15. The molecular weight excluding hydrogens is 562 g/mol. The van der Waals surface area contributed by atoms with Crippen LogP contribution in [-0.2, 0) is 9.84 Å². The number of fused-ring (bicyclic) bond motifs is 1. The first-order valence-corrected chi connectivity index (χ1v) is 16.7. The smallest absolute Gasteiger partial charge is 0.254 e. The second-order valence-electron chi connectivity index (χ2n) is 12.4. The summed E-state index contributed by atoms with van der Waals surface area (Å²) in [6.45, 7) is 13.3. The first-order chi connectivity index (χ1) is 20.6. The monoisotopic (exact) mass is 603 g/mol. The van der Waals surface area contributed by atoms with E-state index in [4.69, 9.17) is 9.47 Å². The number of hydrogen-bond acceptors (Lipinski definition) is 7. The minimum atomic E-state index is -3.67. The van der Waals surface area contributed by atoms with Crippen molar-refractivity contribution in [3.63, 3.8) is 0 Å². The van der Waals surface area contributed by atoms with Crippen LogP contribution in [0.25, 0.3) is 0 Å². The lowest BCUT2D eigenvalue weighted by molar-refractivity contribution is -0.0278. The van der Waals surface area contributed by atoms with Gasteiger partial charge in [0.25, 0.3) is 5.91 Å². The Morgan fingerprint density at radius 2 is 1.58 bits per heavy atom. The van der Waals surface area contributed by atoms with E-state index < -0.39 is 9.84 Å². The minimum Gasteiger partial charge on any atom is -0.454 e. The molecule has 0 aromatic heterocycles. The van der Waals surface area contributed by atoms with Gasteiger partial charge >= 0.3 is 0 Å². The van der Waals surface area contributed by atoms with E-state index >= 15 is 0 Å². The third-order valence-electron chi connectivity index (χ3n) is 9.77. The predicted octanol–water partition coefficient (Wildman–Crippen LogP) is 5.32. The largest absolute Gasteiger partial charge is 0.454 e. The van der Waals surface area contributed by atoms with Crippen LogP contribution in [0.2, 0.25) is 0 Å². The van der Waals surface area contributed by atoms with Crippen molar-refractivity contribution < 1.29 is 22.7 Å². The third-order valence-corrected chi connectivity index (χ3v) is 11.5. The number of piperidine rings is 1. The summed E-state index contributed by atoms with van der Waals surface area (Å²) in [5, 5.41) is 0. The Bertz CT molecular complexity index is 1600. The van der Waals surface area contributed by atoms with Crippen molar-refractivity contribution in [1.29, 1.82) is 0 Å². The number of hydrogen-bond donors (Lipinski definition) is 0. The van der Waals surface area contributed by atoms with E-state index in [-0.39, 0.29) is 34.1 Å². The van der Waals surface area contributed by atoms with Crippen molar-refractivity contribution in [2.45, 2.75) is 68.0 Å². The lowest BCUT2D eigenvalue weighted by Gasteiger charge is -2.52. The topological polar surface area (TPSA) is 79.4 Å². The molecule has 43 heavy (non-hydrogen) atoms. The Kier molecular flexibility index (Phi) is 8.00. The van der Waals surface area contributed by atoms with Crippen LogP contribution >= 0.6 is 0 Å². The molecule has 3 aromatic carbocycles. The molecule has 8 nitrogen and oxygen atoms in total. The van der Waals surface area contributed by atoms with Gasteiger partial charge in [-0.3, -0.25) is 14.6 Å². The van der Waals surface area contributed by atoms with E-state index in [9.17, 15) is 13.2 Å². The second-order valence-corrected chi connectivity index (χ2v) is 14.4. The highest BCUT2D eigenvalue weighted by Crippen LogP contribution is 2.37. The third kappa shape index (κ3) is 5.66. The molecule has 1 amide bonds. The van der Waals surface area contributed by atoms with Crippen molar-refractivity contribution in [2.24, 2.45) is 0 Å². The first-order valence-electron chi connectivity index (χ1n) is 15.2. The lowest BCUT2D eigenvalue weighted by Crippen LogP contribution is -2.62. The molecule has 3 aromatic rings. The molecule has 2 fully saturated rings. The highest BCUT2D eigenvalue weighted by Gasteiger charge is 2.40. The molecule has 3 heterocycles. The average Bonchev–Trinajstić information content (AvgIpc) is 3.49. The Morgan fingerprint density at radius 3 is 2.28 bits per heavy atom. The summed E-state index contributed by atoms with van der Waals surface area (Å²) in [7, 11) is -3.67. The number of piperazine rings is 1. The number of sulfone groups is 1. The molecule has 6 rings (SSSR count). The molecule has 0 N–H and O–H groups in total. The molecule has 228 valence electrons. The van der Waals surface area contributed by atoms with Gasteiger partial charge in [0.15, 0.2) is 11.5 Å². The van der Waals surface area contributed by atoms with E-state index in [0.717, 1.165) is 62.3 Å². The minimum absolute atomic E-state index is 0.0663. The van der Waals surface area contributed by atoms with Gasteiger partial charge in [-0.2, -0.15) is 0 Å². The van der Waals surface area contributed by atoms with E-state index in [1.165, 1.54) is 6.07 Å². The molecule has 2 atom stereocenters. The number of nitrogens with zero attached hydrogens (tertiary/aromatic N) is 3. The Morgan fingerprint density at radius 1 is 0.907 bits per heavy atom. The predicted molar refractivity (Wildman–Crippen MR) is 165 cm³/mol. The fraction of sp³-hybridized carbons (Fsp3) is 0.441. The number of likely N-dealkylation sites (tertiary alicyclic amines) is 1. The molecule has 3 aliphatic rings. The number of carbonyl (C=O) groups excluding carboxylic acids is 1. The Labute approximate surface area is 255 Å². The summed E-state index contributed by atoms with van der Waals surface area (Å²) in [4.78, 5) is 20.8. The number of amides is 1. The number of ether oxygens (including phenoxy) is 2. The van der Waals surface area contributed by atoms with Gasteiger partial charge in [-0.15, -0.1) is 0 Å². The maximum atomic E-state index is 13.3. The fourth-order valence-electron chi connectivity index (χ4n) is 6.83. The van der Waals surface area contributed by atoms with Gasteiger partial charge in [-0.05, 0) is 82.0 Å². The normalized spacial score (nSPS) is 21.5. The summed E-state index contributed by atoms with van der Waals surface area (Å²) in [6, 6.07) is 20.4. The lowest BCUT2D eigenvalue weighted by atomic mass is 9.86. The molecule has 0 radical (unpaired) electrons. The maximum absolute atomic E-state index is 13.3. The van der Waals surface area contributed by atoms with Gasteiger partial charge in [0, 0.05) is 62.0 Å². The van der Waals surface area contributed by atoms with E-state index in [1.54, 1.807) is 24.3 Å². The van der Waals surface area contributed by atoms with Crippen molar-refractivity contribution in [3.05, 3.63) is 83.4 Å². The van der Waals surface area contributed by atoms with Gasteiger partial charge in [0.05, 0.1) is 9.79 Å². The average molecular weight is 604 g/mol. The van der Waals surface area contributed by atoms with Crippen molar-refractivity contribution >= 4 is 15.7 Å². The van der Waals surface area contributed by atoms with E-state index in [1.807, 2.05) is 48.2 Å². The number of rotatable bonds is 6. The van der Waals surface area contributed by atoms with E-state index in [0.29, 0.717) is 17.5 Å². The van der Waals surface area contributed by atoms with Gasteiger partial charge < -0.3 is 14.4 Å². The highest BCUT2D eigenvalue weighted by molar-refractivity contribution is 7.91. The van der Waals surface area contributed by atoms with Crippen molar-refractivity contribution in [2.75, 3.05) is 39.5 Å². The zero-order valence-corrected chi connectivity index (χ0v) is 26.3. The quantitative estimate of drug-likeness (QED) is 0.378. The molecule has 0 bridgehead atoms. The molecule has 3 aliphatic heterocycles. The fourth-order valence-corrected chi connectivity index (χ4v) is 8.10. The van der Waals surface area contributed by atoms with Crippen LogP contribution < -0.4 is 9.47 Å². The summed E-state index contributed by atoms with van der Waals surface area (Å²) in [6.07, 6.45) is 1.93. The molecule has 0 unspecified atom stereocenters. The van der Waals surface area contributed by atoms with Crippen LogP contribution in [0.3, 0.4) is 0 Å². The van der Waals surface area contributed by atoms with Gasteiger partial charge in [0.2, 0.25) is 16.6 Å². The van der Waals surface area contributed by atoms with Crippen LogP contribution in [0, 0.1) is 6.92 Å². The summed E-state index contributed by atoms with van der Waals surface area (Å²) in [5.41, 5.74) is 3.00. The summed E-state index contributed by atoms with van der Waals surface area (Å²) < 4.78 is 37.3. The standard InChI is InChI=1S/C34H41N3O5S/c1-24-7-5-6-8-30(24)33(38)35-17-15-34(4,16-18-35)36-19-20-37(25(2)22-36)26(3)27-9-11-28(12-10-27)43(39,40)29-13-14-31-32(21-29)42-23-41-31/h5-14,21,25-26H,15-20,22-23H2,1-4H3/t25-,26+/m1/s1. The zero-order chi connectivity index (χ0) is 30.4. The SMILES string of the molecule is Cc1ccccc1C(=O)N1CCC(C)(N2CCN([C@@H](C)c3ccc(S(=O)(=O)c4ccc5c(c4)OCO5)cc3)[C@H](C)C2)CC1. The van der Waals surface area contributed by atoms with Gasteiger partial charge in [0.1, 0.15) is 0 Å². The number of carbonyl (C=O) groups is 1.